The van der Waals surface area contributed by atoms with Crippen molar-refractivity contribution < 1.29 is 10.0 Å². The fourth-order valence-electron chi connectivity index (χ4n) is 0.671. The van der Waals surface area contributed by atoms with Gasteiger partial charge in [0, 0.05) is 0 Å². The van der Waals surface area contributed by atoms with Crippen molar-refractivity contribution in [3.63, 3.8) is 0 Å². The second-order valence-corrected chi connectivity index (χ2v) is 3.84. The minimum absolute atomic E-state index is 0. The van der Waals surface area contributed by atoms with Gasteiger partial charge in [-0.05, 0) is 19.6 Å². The predicted molar refractivity (Wildman–Crippen MR) is 57.1 cm³/mol. The molecule has 0 rings (SSSR count). The quantitative estimate of drug-likeness (QED) is 0.619. The summed E-state index contributed by atoms with van der Waals surface area (Å²) in [7, 11) is 0. The van der Waals surface area contributed by atoms with Gasteiger partial charge in [0.25, 0.3) is 0 Å². The molecule has 0 aliphatic carbocycles. The Bertz CT molecular complexity index is 59.8. The van der Waals surface area contributed by atoms with Gasteiger partial charge >= 0.3 is 0 Å². The summed E-state index contributed by atoms with van der Waals surface area (Å²) in [5.74, 6) is 0. The van der Waals surface area contributed by atoms with Gasteiger partial charge in [0.15, 0.2) is 0 Å². The van der Waals surface area contributed by atoms with E-state index in [-0.39, 0.29) is 5.48 Å². The predicted octanol–water partition coefficient (Wildman–Crippen LogP) is 0.518. The van der Waals surface area contributed by atoms with E-state index in [1.807, 2.05) is 0 Å². The van der Waals surface area contributed by atoms with E-state index < -0.39 is 11.2 Å². The minimum atomic E-state index is -0.611. The zero-order valence-electron chi connectivity index (χ0n) is 8.89. The van der Waals surface area contributed by atoms with Crippen molar-refractivity contribution in [1.29, 1.82) is 0 Å². The molecule has 0 aromatic heterocycles. The van der Waals surface area contributed by atoms with E-state index in [1.165, 1.54) is 19.6 Å². The molecule has 0 spiro atoms. The van der Waals surface area contributed by atoms with E-state index in [1.54, 1.807) is 12.5 Å². The van der Waals surface area contributed by atoms with Crippen molar-refractivity contribution in [1.82, 2.24) is 4.90 Å². The molecule has 0 saturated carbocycles. The molecule has 0 heterocycles. The first-order valence-corrected chi connectivity index (χ1v) is 6.02. The summed E-state index contributed by atoms with van der Waals surface area (Å²) in [5.41, 5.74) is 0. The smallest absolute Gasteiger partial charge is 0.0946 e. The molecule has 78 valence electrons. The van der Waals surface area contributed by atoms with E-state index in [2.05, 4.69) is 25.7 Å². The van der Waals surface area contributed by atoms with Crippen LogP contribution in [-0.2, 0) is 11.2 Å². The van der Waals surface area contributed by atoms with Gasteiger partial charge in [-0.1, -0.05) is 31.9 Å². The van der Waals surface area contributed by atoms with Gasteiger partial charge in [-0.15, -0.1) is 0 Å². The van der Waals surface area contributed by atoms with Gasteiger partial charge in [-0.3, -0.25) is 0 Å². The van der Waals surface area contributed by atoms with Crippen molar-refractivity contribution in [2.45, 2.75) is 20.8 Å². The minimum Gasteiger partial charge on any atom is -0.617 e. The molecule has 0 bridgehead atoms. The van der Waals surface area contributed by atoms with Gasteiger partial charge in [0.2, 0.25) is 0 Å². The molecule has 2 N–H and O–H groups in total. The molecule has 0 aliphatic rings. The van der Waals surface area contributed by atoms with E-state index in [0.29, 0.717) is 0 Å². The van der Waals surface area contributed by atoms with Crippen LogP contribution in [0.15, 0.2) is 0 Å². The van der Waals surface area contributed by atoms with Crippen molar-refractivity contribution in [2.24, 2.45) is 0 Å². The van der Waals surface area contributed by atoms with Crippen molar-refractivity contribution in [2.75, 3.05) is 32.1 Å². The maximum atomic E-state index is 9.56. The van der Waals surface area contributed by atoms with Gasteiger partial charge in [-0.2, -0.15) is 0 Å². The molecule has 0 aromatic rings. The van der Waals surface area contributed by atoms with Crippen LogP contribution in [-0.4, -0.2) is 47.1 Å². The Morgan fingerprint density at radius 2 is 1.17 bits per heavy atom. The molecule has 0 fully saturated rings. The van der Waals surface area contributed by atoms with Crippen LogP contribution in [0.25, 0.3) is 0 Å². The Kier molecular flexibility index (Phi) is 20.8. The lowest BCUT2D eigenvalue weighted by Crippen LogP contribution is -2.21. The Morgan fingerprint density at radius 1 is 1.00 bits per heavy atom. The monoisotopic (exact) mass is 197 g/mol. The fraction of sp³-hybridized carbons (Fsp3) is 1.00. The summed E-state index contributed by atoms with van der Waals surface area (Å²) in [4.78, 5) is 2.38. The summed E-state index contributed by atoms with van der Waals surface area (Å²) >= 11 is -0.611. The lowest BCUT2D eigenvalue weighted by Gasteiger charge is -2.13. The molecule has 0 atom stereocenters. The lowest BCUT2D eigenvalue weighted by atomic mass is 10.5. The Labute approximate surface area is 79.6 Å². The maximum absolute atomic E-state index is 9.56. The Morgan fingerprint density at radius 3 is 1.17 bits per heavy atom. The summed E-state index contributed by atoms with van der Waals surface area (Å²) in [6.07, 6.45) is 3.28. The van der Waals surface area contributed by atoms with Crippen LogP contribution in [0.2, 0.25) is 0 Å². The topological polar surface area (TPSA) is 57.8 Å². The molecule has 3 nitrogen and oxygen atoms in total. The highest BCUT2D eigenvalue weighted by atomic mass is 32.2. The second kappa shape index (κ2) is 13.8. The van der Waals surface area contributed by atoms with Crippen LogP contribution < -0.4 is 0 Å². The third-order valence-electron chi connectivity index (χ3n) is 1.34. The number of nitrogens with zero attached hydrogens (tertiary/aromatic N) is 1. The molecule has 0 aliphatic heterocycles. The standard InChI is InChI=1S/C6H15N.C2H6OS.H2O/c1-4-7(5-2)6-3;1-4(2)3;/h4-6H2,1-3H3;1-2H3;1H2. The first-order chi connectivity index (χ1) is 5.08. The first kappa shape index (κ1) is 18.1. The van der Waals surface area contributed by atoms with Gasteiger partial charge < -0.3 is 14.9 Å². The Hall–Kier alpha value is 0.230. The SMILES string of the molecule is CCN(CC)CC.C[S+](C)[O-].O. The largest absolute Gasteiger partial charge is 0.617 e. The summed E-state index contributed by atoms with van der Waals surface area (Å²) < 4.78 is 9.56. The van der Waals surface area contributed by atoms with E-state index in [9.17, 15) is 4.55 Å². The first-order valence-electron chi connectivity index (χ1n) is 4.05. The van der Waals surface area contributed by atoms with Crippen LogP contribution >= 0.6 is 0 Å². The highest BCUT2D eigenvalue weighted by molar-refractivity contribution is 7.89. The Balaban J connectivity index is -0.000000142. The maximum Gasteiger partial charge on any atom is 0.0946 e. The molecule has 0 saturated heterocycles. The van der Waals surface area contributed by atoms with E-state index >= 15 is 0 Å². The number of rotatable bonds is 3. The molecule has 0 aromatic carbocycles. The van der Waals surface area contributed by atoms with Crippen LogP contribution in [0.3, 0.4) is 0 Å². The van der Waals surface area contributed by atoms with Crippen molar-refractivity contribution in [3.8, 4) is 0 Å². The molecule has 0 amide bonds. The molecular weight excluding hydrogens is 174 g/mol. The average molecular weight is 197 g/mol. The summed E-state index contributed by atoms with van der Waals surface area (Å²) in [6, 6.07) is 0. The molecule has 0 unspecified atom stereocenters. The molecule has 12 heavy (non-hydrogen) atoms. The summed E-state index contributed by atoms with van der Waals surface area (Å²) in [5, 5.41) is 0. The van der Waals surface area contributed by atoms with E-state index in [0.717, 1.165) is 0 Å². The zero-order chi connectivity index (χ0) is 9.28. The van der Waals surface area contributed by atoms with Crippen LogP contribution in [0.5, 0.6) is 0 Å². The third kappa shape index (κ3) is 22.5. The lowest BCUT2D eigenvalue weighted by molar-refractivity contribution is 0.321. The van der Waals surface area contributed by atoms with Crippen molar-refractivity contribution >= 4 is 11.2 Å². The molecular formula is C8H23NO2S. The van der Waals surface area contributed by atoms with Gasteiger partial charge in [0.1, 0.15) is 0 Å². The highest BCUT2D eigenvalue weighted by Gasteiger charge is 1.89. The van der Waals surface area contributed by atoms with E-state index in [4.69, 9.17) is 0 Å². The zero-order valence-corrected chi connectivity index (χ0v) is 9.70. The normalized spacial score (nSPS) is 9.00. The number of hydrogen-bond acceptors (Lipinski definition) is 2. The van der Waals surface area contributed by atoms with Gasteiger partial charge in [0.05, 0.1) is 12.5 Å². The van der Waals surface area contributed by atoms with Crippen LogP contribution in [0.4, 0.5) is 0 Å². The average Bonchev–Trinajstić information content (AvgIpc) is 1.90. The fourth-order valence-corrected chi connectivity index (χ4v) is 0.671. The third-order valence-corrected chi connectivity index (χ3v) is 1.34. The van der Waals surface area contributed by atoms with Crippen LogP contribution in [0.1, 0.15) is 20.8 Å². The molecule has 4 heteroatoms. The highest BCUT2D eigenvalue weighted by Crippen LogP contribution is 1.81. The number of hydrogen-bond donors (Lipinski definition) is 0. The van der Waals surface area contributed by atoms with Crippen LogP contribution in [0, 0.1) is 0 Å². The second-order valence-electron chi connectivity index (χ2n) is 2.36. The molecule has 0 radical (unpaired) electrons. The van der Waals surface area contributed by atoms with Crippen molar-refractivity contribution in [3.05, 3.63) is 0 Å². The van der Waals surface area contributed by atoms with Gasteiger partial charge in [-0.25, -0.2) is 0 Å². The summed E-state index contributed by atoms with van der Waals surface area (Å²) in [6.45, 7) is 10.1.